The predicted molar refractivity (Wildman–Crippen MR) is 102 cm³/mol. The zero-order valence-corrected chi connectivity index (χ0v) is 14.7. The smallest absolute Gasteiger partial charge is 0.251 e. The van der Waals surface area contributed by atoms with Crippen LogP contribution in [0.4, 0.5) is 0 Å². The third-order valence-corrected chi connectivity index (χ3v) is 5.25. The molecule has 5 rings (SSSR count). The Bertz CT molecular complexity index is 1080. The number of amides is 1. The molecule has 1 N–H and O–H groups in total. The van der Waals surface area contributed by atoms with E-state index in [0.29, 0.717) is 11.6 Å². The maximum atomic E-state index is 12.1. The Morgan fingerprint density at radius 1 is 1.08 bits per heavy atom. The van der Waals surface area contributed by atoms with Gasteiger partial charge in [0.05, 0.1) is 23.8 Å². The summed E-state index contributed by atoms with van der Waals surface area (Å²) >= 11 is 1.65. The van der Waals surface area contributed by atoms with Gasteiger partial charge in [0.1, 0.15) is 0 Å². The van der Waals surface area contributed by atoms with Crippen LogP contribution < -0.4 is 5.32 Å². The Labute approximate surface area is 154 Å². The molecule has 0 unspecified atom stereocenters. The lowest BCUT2D eigenvalue weighted by atomic mass is 10.1. The molecule has 1 aromatic carbocycles. The van der Waals surface area contributed by atoms with Crippen LogP contribution in [-0.2, 0) is 0 Å². The summed E-state index contributed by atoms with van der Waals surface area (Å²) in [5.41, 5.74) is 5.50. The van der Waals surface area contributed by atoms with E-state index in [9.17, 15) is 4.79 Å². The van der Waals surface area contributed by atoms with E-state index < -0.39 is 0 Å². The topological polar surface area (TPSA) is 59.3 Å². The molecule has 4 aromatic rings. The van der Waals surface area contributed by atoms with Crippen LogP contribution in [0.25, 0.3) is 28.2 Å². The molecule has 0 bridgehead atoms. The number of nitrogens with one attached hydrogen (secondary N) is 1. The molecule has 0 radical (unpaired) electrons. The van der Waals surface area contributed by atoms with E-state index in [1.165, 1.54) is 0 Å². The zero-order valence-electron chi connectivity index (χ0n) is 13.9. The molecule has 5 nitrogen and oxygen atoms in total. The molecule has 1 fully saturated rings. The number of fused-ring (bicyclic) bond motifs is 1. The summed E-state index contributed by atoms with van der Waals surface area (Å²) < 4.78 is 2.04. The molecule has 1 aliphatic rings. The van der Waals surface area contributed by atoms with Crippen molar-refractivity contribution in [2.45, 2.75) is 18.9 Å². The fourth-order valence-electron chi connectivity index (χ4n) is 2.95. The van der Waals surface area contributed by atoms with Crippen LogP contribution in [0.3, 0.4) is 0 Å². The fraction of sp³-hybridized carbons (Fsp3) is 0.150. The van der Waals surface area contributed by atoms with Gasteiger partial charge in [0, 0.05) is 34.3 Å². The Balaban J connectivity index is 1.50. The van der Waals surface area contributed by atoms with Crippen molar-refractivity contribution in [1.82, 2.24) is 19.7 Å². The third-order valence-electron chi connectivity index (χ3n) is 4.57. The van der Waals surface area contributed by atoms with Gasteiger partial charge in [-0.05, 0) is 36.4 Å². The van der Waals surface area contributed by atoms with Crippen molar-refractivity contribution in [3.8, 4) is 22.5 Å². The van der Waals surface area contributed by atoms with Gasteiger partial charge in [-0.2, -0.15) is 11.3 Å². The van der Waals surface area contributed by atoms with Crippen LogP contribution in [0.2, 0.25) is 0 Å². The van der Waals surface area contributed by atoms with E-state index in [2.05, 4.69) is 26.7 Å². The van der Waals surface area contributed by atoms with E-state index in [0.717, 1.165) is 41.0 Å². The van der Waals surface area contributed by atoms with E-state index >= 15 is 0 Å². The molecule has 128 valence electrons. The van der Waals surface area contributed by atoms with Gasteiger partial charge >= 0.3 is 0 Å². The van der Waals surface area contributed by atoms with Crippen LogP contribution in [0.1, 0.15) is 23.2 Å². The van der Waals surface area contributed by atoms with Gasteiger partial charge in [0.25, 0.3) is 5.91 Å². The number of carbonyl (C=O) groups excluding carboxylic acids is 1. The van der Waals surface area contributed by atoms with Crippen LogP contribution >= 0.6 is 11.3 Å². The maximum absolute atomic E-state index is 12.1. The van der Waals surface area contributed by atoms with Crippen molar-refractivity contribution in [1.29, 1.82) is 0 Å². The average molecular weight is 360 g/mol. The normalized spacial score (nSPS) is 13.8. The Morgan fingerprint density at radius 2 is 1.92 bits per heavy atom. The molecular weight excluding hydrogens is 344 g/mol. The number of aromatic nitrogens is 3. The largest absolute Gasteiger partial charge is 0.349 e. The third kappa shape index (κ3) is 2.78. The first-order valence-corrected chi connectivity index (χ1v) is 9.49. The molecule has 26 heavy (non-hydrogen) atoms. The highest BCUT2D eigenvalue weighted by atomic mass is 32.1. The fourth-order valence-corrected chi connectivity index (χ4v) is 3.60. The van der Waals surface area contributed by atoms with Crippen LogP contribution in [0, 0.1) is 0 Å². The lowest BCUT2D eigenvalue weighted by molar-refractivity contribution is 0.0951. The number of carbonyl (C=O) groups is 1. The quantitative estimate of drug-likeness (QED) is 0.598. The summed E-state index contributed by atoms with van der Waals surface area (Å²) in [5, 5.41) is 7.14. The molecule has 0 spiro atoms. The van der Waals surface area contributed by atoms with E-state index in [1.54, 1.807) is 17.5 Å². The Hall–Kier alpha value is -2.99. The van der Waals surface area contributed by atoms with Crippen molar-refractivity contribution >= 4 is 22.9 Å². The van der Waals surface area contributed by atoms with E-state index in [-0.39, 0.29) is 5.91 Å². The molecule has 1 aliphatic carbocycles. The van der Waals surface area contributed by atoms with Crippen molar-refractivity contribution < 1.29 is 4.79 Å². The summed E-state index contributed by atoms with van der Waals surface area (Å²) in [4.78, 5) is 21.1. The molecule has 0 aliphatic heterocycles. The van der Waals surface area contributed by atoms with Gasteiger partial charge in [0.2, 0.25) is 0 Å². The molecule has 6 heteroatoms. The summed E-state index contributed by atoms with van der Waals surface area (Å²) in [7, 11) is 0. The highest BCUT2D eigenvalue weighted by molar-refractivity contribution is 7.08. The van der Waals surface area contributed by atoms with Crippen molar-refractivity contribution in [2.24, 2.45) is 0 Å². The zero-order chi connectivity index (χ0) is 17.5. The van der Waals surface area contributed by atoms with Gasteiger partial charge in [-0.15, -0.1) is 0 Å². The minimum absolute atomic E-state index is 0.00105. The monoisotopic (exact) mass is 360 g/mol. The number of benzene rings is 1. The van der Waals surface area contributed by atoms with Crippen LogP contribution in [0.5, 0.6) is 0 Å². The van der Waals surface area contributed by atoms with Crippen molar-refractivity contribution in [3.63, 3.8) is 0 Å². The van der Waals surface area contributed by atoms with E-state index in [4.69, 9.17) is 0 Å². The summed E-state index contributed by atoms with van der Waals surface area (Å²) in [6, 6.07) is 10.1. The molecule has 3 heterocycles. The molecule has 1 amide bonds. The molecule has 0 atom stereocenters. The second kappa shape index (κ2) is 6.07. The van der Waals surface area contributed by atoms with Gasteiger partial charge in [-0.3, -0.25) is 14.2 Å². The molecule has 3 aromatic heterocycles. The highest BCUT2D eigenvalue weighted by Gasteiger charge is 2.23. The van der Waals surface area contributed by atoms with Gasteiger partial charge in [-0.25, -0.2) is 4.98 Å². The minimum Gasteiger partial charge on any atom is -0.349 e. The molecule has 0 saturated heterocycles. The second-order valence-electron chi connectivity index (χ2n) is 6.48. The van der Waals surface area contributed by atoms with E-state index in [1.807, 2.05) is 46.4 Å². The first-order chi connectivity index (χ1) is 12.8. The van der Waals surface area contributed by atoms with Crippen LogP contribution in [0.15, 0.2) is 59.7 Å². The van der Waals surface area contributed by atoms with Gasteiger partial charge < -0.3 is 5.32 Å². The minimum atomic E-state index is 0.00105. The number of hydrogen-bond donors (Lipinski definition) is 1. The van der Waals surface area contributed by atoms with Crippen molar-refractivity contribution in [3.05, 3.63) is 65.2 Å². The molecule has 1 saturated carbocycles. The Morgan fingerprint density at radius 3 is 2.65 bits per heavy atom. The lowest BCUT2D eigenvalue weighted by Gasteiger charge is -2.06. The standard InChI is InChI=1S/C20H16N4OS/c25-20(23-16-5-6-16)14-3-1-13(2-4-14)18-9-22-19-10-21-17(11-24(18)19)15-7-8-26-12-15/h1-4,7-12,16H,5-6H2,(H,23,25). The Kier molecular flexibility index (Phi) is 3.57. The summed E-state index contributed by atoms with van der Waals surface area (Å²) in [5.74, 6) is 0.00105. The number of nitrogens with zero attached hydrogens (tertiary/aromatic N) is 3. The lowest BCUT2D eigenvalue weighted by Crippen LogP contribution is -2.25. The number of rotatable bonds is 4. The van der Waals surface area contributed by atoms with Gasteiger partial charge in [-0.1, -0.05) is 12.1 Å². The second-order valence-corrected chi connectivity index (χ2v) is 7.26. The van der Waals surface area contributed by atoms with Gasteiger partial charge in [0.15, 0.2) is 5.65 Å². The predicted octanol–water partition coefficient (Wildman–Crippen LogP) is 4.02. The highest BCUT2D eigenvalue weighted by Crippen LogP contribution is 2.25. The number of hydrogen-bond acceptors (Lipinski definition) is 4. The summed E-state index contributed by atoms with van der Waals surface area (Å²) in [6.45, 7) is 0. The summed E-state index contributed by atoms with van der Waals surface area (Å²) in [6.07, 6.45) is 7.81. The van der Waals surface area contributed by atoms with Crippen molar-refractivity contribution in [2.75, 3.05) is 0 Å². The number of imidazole rings is 1. The average Bonchev–Trinajstić information content (AvgIpc) is 3.16. The van der Waals surface area contributed by atoms with Crippen LogP contribution in [-0.4, -0.2) is 26.3 Å². The first-order valence-electron chi connectivity index (χ1n) is 8.55. The molecular formula is C20H16N4OS. The number of thiophene rings is 1. The maximum Gasteiger partial charge on any atom is 0.251 e. The SMILES string of the molecule is O=C(NC1CC1)c1ccc(-c2cnc3cnc(-c4ccsc4)cn23)cc1. The first kappa shape index (κ1) is 15.3.